The maximum atomic E-state index is 13.3. The number of carboxylic acid groups (broad SMARTS) is 1. The van der Waals surface area contributed by atoms with Crippen molar-refractivity contribution in [1.82, 2.24) is 0 Å². The Morgan fingerprint density at radius 1 is 1.53 bits per heavy atom. The minimum Gasteiger partial charge on any atom is -0.480 e. The van der Waals surface area contributed by atoms with E-state index in [2.05, 4.69) is 5.32 Å². The number of anilines is 1. The maximum Gasteiger partial charge on any atom is 0.326 e. The lowest BCUT2D eigenvalue weighted by Gasteiger charge is -2.15. The third-order valence-corrected chi connectivity index (χ3v) is 3.19. The Kier molecular flexibility index (Phi) is 5.83. The number of benzene rings is 1. The monoisotopic (exact) mass is 257 g/mol. The molecule has 0 heterocycles. The van der Waals surface area contributed by atoms with Gasteiger partial charge in [0.05, 0.1) is 5.69 Å². The first-order valence-corrected chi connectivity index (χ1v) is 6.62. The highest BCUT2D eigenvalue weighted by molar-refractivity contribution is 7.99. The number of rotatable bonds is 7. The molecule has 0 amide bonds. The second-order valence-corrected chi connectivity index (χ2v) is 4.89. The Morgan fingerprint density at radius 2 is 2.24 bits per heavy atom. The molecule has 0 aliphatic rings. The zero-order valence-electron chi connectivity index (χ0n) is 9.65. The van der Waals surface area contributed by atoms with Crippen molar-refractivity contribution in [2.24, 2.45) is 0 Å². The van der Waals surface area contributed by atoms with Gasteiger partial charge in [0.25, 0.3) is 0 Å². The fourth-order valence-corrected chi connectivity index (χ4v) is 2.06. The van der Waals surface area contributed by atoms with Crippen molar-refractivity contribution in [1.29, 1.82) is 0 Å². The molecule has 0 fully saturated rings. The lowest BCUT2D eigenvalue weighted by molar-refractivity contribution is -0.137. The number of carbonyl (C=O) groups is 1. The van der Waals surface area contributed by atoms with Crippen LogP contribution in [0.1, 0.15) is 13.3 Å². The summed E-state index contributed by atoms with van der Waals surface area (Å²) >= 11 is 1.67. The first-order chi connectivity index (χ1) is 8.15. The van der Waals surface area contributed by atoms with E-state index >= 15 is 0 Å². The number of para-hydroxylation sites is 1. The largest absolute Gasteiger partial charge is 0.480 e. The van der Waals surface area contributed by atoms with Crippen LogP contribution >= 0.6 is 11.8 Å². The van der Waals surface area contributed by atoms with Crippen LogP contribution in [0.25, 0.3) is 0 Å². The normalized spacial score (nSPS) is 12.1. The topological polar surface area (TPSA) is 49.3 Å². The van der Waals surface area contributed by atoms with Gasteiger partial charge in [-0.15, -0.1) is 0 Å². The summed E-state index contributed by atoms with van der Waals surface area (Å²) in [5.41, 5.74) is 0.237. The van der Waals surface area contributed by atoms with Crippen molar-refractivity contribution in [3.8, 4) is 0 Å². The van der Waals surface area contributed by atoms with Gasteiger partial charge in [-0.2, -0.15) is 11.8 Å². The van der Waals surface area contributed by atoms with E-state index in [-0.39, 0.29) is 5.69 Å². The lowest BCUT2D eigenvalue weighted by Crippen LogP contribution is -2.30. The first kappa shape index (κ1) is 13.8. The average Bonchev–Trinajstić information content (AvgIpc) is 2.30. The predicted octanol–water partition coefficient (Wildman–Crippen LogP) is 2.83. The van der Waals surface area contributed by atoms with E-state index in [9.17, 15) is 9.18 Å². The Bertz CT molecular complexity index is 373. The van der Waals surface area contributed by atoms with Crippen LogP contribution in [-0.2, 0) is 4.79 Å². The van der Waals surface area contributed by atoms with Crippen molar-refractivity contribution >= 4 is 23.4 Å². The molecular formula is C12H16FNO2S. The van der Waals surface area contributed by atoms with Crippen LogP contribution in [-0.4, -0.2) is 28.6 Å². The molecule has 1 aromatic rings. The van der Waals surface area contributed by atoms with Gasteiger partial charge in [-0.3, -0.25) is 0 Å². The Balaban J connectivity index is 2.61. The molecule has 0 aliphatic carbocycles. The molecular weight excluding hydrogens is 241 g/mol. The number of halogens is 1. The van der Waals surface area contributed by atoms with Crippen LogP contribution in [0.15, 0.2) is 24.3 Å². The summed E-state index contributed by atoms with van der Waals surface area (Å²) in [7, 11) is 0. The van der Waals surface area contributed by atoms with E-state index in [1.54, 1.807) is 23.9 Å². The molecule has 94 valence electrons. The third kappa shape index (κ3) is 4.65. The predicted molar refractivity (Wildman–Crippen MR) is 69.1 cm³/mol. The minimum atomic E-state index is -0.954. The molecule has 0 aliphatic heterocycles. The van der Waals surface area contributed by atoms with Gasteiger partial charge in [-0.05, 0) is 30.1 Å². The number of hydrogen-bond donors (Lipinski definition) is 2. The van der Waals surface area contributed by atoms with Gasteiger partial charge in [0.1, 0.15) is 11.9 Å². The number of nitrogens with one attached hydrogen (secondary N) is 1. The van der Waals surface area contributed by atoms with Crippen molar-refractivity contribution in [2.45, 2.75) is 19.4 Å². The molecule has 1 unspecified atom stereocenters. The smallest absolute Gasteiger partial charge is 0.326 e. The van der Waals surface area contributed by atoms with Gasteiger partial charge in [-0.1, -0.05) is 19.1 Å². The van der Waals surface area contributed by atoms with E-state index in [1.807, 2.05) is 6.92 Å². The average molecular weight is 257 g/mol. The molecule has 1 aromatic carbocycles. The van der Waals surface area contributed by atoms with Crippen molar-refractivity contribution in [3.05, 3.63) is 30.1 Å². The van der Waals surface area contributed by atoms with Crippen LogP contribution in [0.4, 0.5) is 10.1 Å². The summed E-state index contributed by atoms with van der Waals surface area (Å²) in [5.74, 6) is 0.313. The maximum absolute atomic E-state index is 13.3. The van der Waals surface area contributed by atoms with Crippen molar-refractivity contribution < 1.29 is 14.3 Å². The summed E-state index contributed by atoms with van der Waals surface area (Å²) in [4.78, 5) is 11.0. The highest BCUT2D eigenvalue weighted by atomic mass is 32.2. The zero-order chi connectivity index (χ0) is 12.7. The number of carboxylic acids is 1. The van der Waals surface area contributed by atoms with E-state index in [0.29, 0.717) is 6.42 Å². The van der Waals surface area contributed by atoms with Crippen LogP contribution in [0.5, 0.6) is 0 Å². The molecule has 2 N–H and O–H groups in total. The van der Waals surface area contributed by atoms with Gasteiger partial charge in [-0.25, -0.2) is 9.18 Å². The zero-order valence-corrected chi connectivity index (χ0v) is 10.5. The highest BCUT2D eigenvalue weighted by Crippen LogP contribution is 2.16. The minimum absolute atomic E-state index is 0.237. The van der Waals surface area contributed by atoms with E-state index in [4.69, 9.17) is 5.11 Å². The first-order valence-electron chi connectivity index (χ1n) is 5.46. The van der Waals surface area contributed by atoms with Crippen molar-refractivity contribution in [2.75, 3.05) is 16.8 Å². The Labute approximate surface area is 104 Å². The standard InChI is InChI=1S/C12H16FNO2S/c1-2-17-8-7-11(12(15)16)14-10-6-4-3-5-9(10)13/h3-6,11,14H,2,7-8H2,1H3,(H,15,16). The van der Waals surface area contributed by atoms with Gasteiger partial charge in [0, 0.05) is 0 Å². The number of hydrogen-bond acceptors (Lipinski definition) is 3. The van der Waals surface area contributed by atoms with Crippen LogP contribution in [0.3, 0.4) is 0 Å². The van der Waals surface area contributed by atoms with Crippen LogP contribution in [0.2, 0.25) is 0 Å². The summed E-state index contributed by atoms with van der Waals surface area (Å²) in [6.45, 7) is 2.02. The molecule has 0 saturated carbocycles. The molecule has 3 nitrogen and oxygen atoms in total. The van der Waals surface area contributed by atoms with E-state index in [1.165, 1.54) is 12.1 Å². The molecule has 0 saturated heterocycles. The van der Waals surface area contributed by atoms with Gasteiger partial charge in [0.2, 0.25) is 0 Å². The van der Waals surface area contributed by atoms with Crippen LogP contribution in [0, 0.1) is 5.82 Å². The fraction of sp³-hybridized carbons (Fsp3) is 0.417. The van der Waals surface area contributed by atoms with Gasteiger partial charge >= 0.3 is 5.97 Å². The molecule has 17 heavy (non-hydrogen) atoms. The van der Waals surface area contributed by atoms with Gasteiger partial charge < -0.3 is 10.4 Å². The molecule has 1 atom stereocenters. The molecule has 0 bridgehead atoms. The molecule has 0 spiro atoms. The van der Waals surface area contributed by atoms with Crippen LogP contribution < -0.4 is 5.32 Å². The van der Waals surface area contributed by atoms with E-state index < -0.39 is 17.8 Å². The summed E-state index contributed by atoms with van der Waals surface area (Å²) in [6, 6.07) is 5.35. The summed E-state index contributed by atoms with van der Waals surface area (Å²) < 4.78 is 13.3. The Morgan fingerprint density at radius 3 is 2.82 bits per heavy atom. The van der Waals surface area contributed by atoms with Crippen molar-refractivity contribution in [3.63, 3.8) is 0 Å². The number of thioether (sulfide) groups is 1. The Hall–Kier alpha value is -1.23. The lowest BCUT2D eigenvalue weighted by atomic mass is 10.2. The summed E-state index contributed by atoms with van der Waals surface area (Å²) in [5, 5.41) is 11.7. The van der Waals surface area contributed by atoms with E-state index in [0.717, 1.165) is 11.5 Å². The SMILES string of the molecule is CCSCCC(Nc1ccccc1F)C(=O)O. The molecule has 0 aromatic heterocycles. The second kappa shape index (κ2) is 7.17. The second-order valence-electron chi connectivity index (χ2n) is 3.50. The molecule has 5 heteroatoms. The number of aliphatic carboxylic acids is 1. The fourth-order valence-electron chi connectivity index (χ4n) is 1.37. The molecule has 1 rings (SSSR count). The highest BCUT2D eigenvalue weighted by Gasteiger charge is 2.17. The third-order valence-electron chi connectivity index (χ3n) is 2.26. The summed E-state index contributed by atoms with van der Waals surface area (Å²) in [6.07, 6.45) is 0.474. The molecule has 0 radical (unpaired) electrons. The van der Waals surface area contributed by atoms with Gasteiger partial charge in [0.15, 0.2) is 0 Å². The quantitative estimate of drug-likeness (QED) is 0.737.